The van der Waals surface area contributed by atoms with Gasteiger partial charge < -0.3 is 19.3 Å². The molecular formula is C16H15NO7. The van der Waals surface area contributed by atoms with Crippen molar-refractivity contribution < 1.29 is 29.0 Å². The van der Waals surface area contributed by atoms with Crippen LogP contribution in [-0.2, 0) is 6.42 Å². The Balaban J connectivity index is 2.44. The van der Waals surface area contributed by atoms with E-state index in [1.54, 1.807) is 18.2 Å². The minimum absolute atomic E-state index is 0.0369. The molecule has 0 aromatic heterocycles. The monoisotopic (exact) mass is 333 g/mol. The van der Waals surface area contributed by atoms with Gasteiger partial charge in [0.15, 0.2) is 0 Å². The summed E-state index contributed by atoms with van der Waals surface area (Å²) in [5.74, 6) is 1.14. The first-order valence-corrected chi connectivity index (χ1v) is 6.83. The largest absolute Gasteiger partial charge is 0.511 e. The molecule has 8 heteroatoms. The first-order valence-electron chi connectivity index (χ1n) is 6.83. The lowest BCUT2D eigenvalue weighted by Gasteiger charge is -2.11. The molecule has 0 aliphatic rings. The SMILES string of the molecule is COc1cc(Cc2cc([N+](=O)[O-])ccc2OC(=O)O)cc(OC)c1. The number of ether oxygens (including phenoxy) is 3. The second-order valence-electron chi connectivity index (χ2n) is 4.81. The zero-order valence-electron chi connectivity index (χ0n) is 13.0. The summed E-state index contributed by atoms with van der Waals surface area (Å²) in [6.07, 6.45) is -1.29. The molecule has 0 radical (unpaired) electrons. The lowest BCUT2D eigenvalue weighted by atomic mass is 10.0. The fourth-order valence-electron chi connectivity index (χ4n) is 2.20. The molecule has 24 heavy (non-hydrogen) atoms. The van der Waals surface area contributed by atoms with Crippen molar-refractivity contribution in [1.29, 1.82) is 0 Å². The van der Waals surface area contributed by atoms with Crippen molar-refractivity contribution in [3.63, 3.8) is 0 Å². The molecular weight excluding hydrogens is 318 g/mol. The van der Waals surface area contributed by atoms with Gasteiger partial charge in [-0.15, -0.1) is 0 Å². The number of non-ortho nitro benzene ring substituents is 1. The number of nitro benzene ring substituents is 1. The molecule has 0 spiro atoms. The molecule has 126 valence electrons. The second-order valence-corrected chi connectivity index (χ2v) is 4.81. The third kappa shape index (κ3) is 4.13. The van der Waals surface area contributed by atoms with Crippen LogP contribution in [0.4, 0.5) is 10.5 Å². The van der Waals surface area contributed by atoms with Gasteiger partial charge in [0.2, 0.25) is 0 Å². The number of rotatable bonds is 6. The van der Waals surface area contributed by atoms with Crippen molar-refractivity contribution in [2.45, 2.75) is 6.42 Å². The number of methoxy groups -OCH3 is 2. The number of hydrogen-bond donors (Lipinski definition) is 1. The van der Waals surface area contributed by atoms with Crippen LogP contribution in [0.3, 0.4) is 0 Å². The zero-order chi connectivity index (χ0) is 17.7. The van der Waals surface area contributed by atoms with Crippen LogP contribution in [0.2, 0.25) is 0 Å². The Labute approximate surface area is 137 Å². The Hall–Kier alpha value is -3.29. The molecule has 2 aromatic rings. The van der Waals surface area contributed by atoms with Gasteiger partial charge >= 0.3 is 6.16 Å². The summed E-state index contributed by atoms with van der Waals surface area (Å²) in [4.78, 5) is 21.2. The van der Waals surface area contributed by atoms with Crippen LogP contribution in [-0.4, -0.2) is 30.4 Å². The van der Waals surface area contributed by atoms with E-state index in [4.69, 9.17) is 19.3 Å². The summed E-state index contributed by atoms with van der Waals surface area (Å²) in [6.45, 7) is 0. The molecule has 0 unspecified atom stereocenters. The first-order chi connectivity index (χ1) is 11.4. The highest BCUT2D eigenvalue weighted by molar-refractivity contribution is 5.63. The smallest absolute Gasteiger partial charge is 0.497 e. The number of benzene rings is 2. The summed E-state index contributed by atoms with van der Waals surface area (Å²) in [5, 5.41) is 19.8. The van der Waals surface area contributed by atoms with Crippen LogP contribution in [0.1, 0.15) is 11.1 Å². The van der Waals surface area contributed by atoms with E-state index in [2.05, 4.69) is 0 Å². The zero-order valence-corrected chi connectivity index (χ0v) is 13.0. The second kappa shape index (κ2) is 7.32. The highest BCUT2D eigenvalue weighted by atomic mass is 16.7. The Kier molecular flexibility index (Phi) is 5.20. The summed E-state index contributed by atoms with van der Waals surface area (Å²) < 4.78 is 15.1. The van der Waals surface area contributed by atoms with Gasteiger partial charge in [0.25, 0.3) is 5.69 Å². The number of hydrogen-bond acceptors (Lipinski definition) is 6. The summed E-state index contributed by atoms with van der Waals surface area (Å²) in [6, 6.07) is 8.88. The maximum absolute atomic E-state index is 10.9. The van der Waals surface area contributed by atoms with Crippen LogP contribution in [0.5, 0.6) is 17.2 Å². The minimum atomic E-state index is -1.49. The number of carbonyl (C=O) groups is 1. The normalized spacial score (nSPS) is 10.1. The van der Waals surface area contributed by atoms with E-state index in [0.717, 1.165) is 5.56 Å². The summed E-state index contributed by atoms with van der Waals surface area (Å²) in [7, 11) is 3.01. The fourth-order valence-corrected chi connectivity index (χ4v) is 2.20. The molecule has 8 nitrogen and oxygen atoms in total. The van der Waals surface area contributed by atoms with Gasteiger partial charge in [-0.3, -0.25) is 10.1 Å². The van der Waals surface area contributed by atoms with Crippen LogP contribution in [0.25, 0.3) is 0 Å². The molecule has 0 aliphatic heterocycles. The van der Waals surface area contributed by atoms with Crippen LogP contribution in [0.15, 0.2) is 36.4 Å². The highest BCUT2D eigenvalue weighted by Crippen LogP contribution is 2.30. The van der Waals surface area contributed by atoms with Gasteiger partial charge in [0.1, 0.15) is 17.2 Å². The topological polar surface area (TPSA) is 108 Å². The van der Waals surface area contributed by atoms with E-state index in [9.17, 15) is 14.9 Å². The predicted molar refractivity (Wildman–Crippen MR) is 84.1 cm³/mol. The molecule has 0 atom stereocenters. The average Bonchev–Trinajstić information content (AvgIpc) is 2.55. The van der Waals surface area contributed by atoms with Crippen LogP contribution in [0, 0.1) is 10.1 Å². The van der Waals surface area contributed by atoms with Gasteiger partial charge in [-0.2, -0.15) is 0 Å². The summed E-state index contributed by atoms with van der Waals surface area (Å²) in [5.41, 5.74) is 0.932. The fraction of sp³-hybridized carbons (Fsp3) is 0.188. The van der Waals surface area contributed by atoms with Crippen molar-refractivity contribution >= 4 is 11.8 Å². The number of carboxylic acid groups (broad SMARTS) is 1. The van der Waals surface area contributed by atoms with Crippen molar-refractivity contribution in [3.8, 4) is 17.2 Å². The van der Waals surface area contributed by atoms with Crippen molar-refractivity contribution in [1.82, 2.24) is 0 Å². The van der Waals surface area contributed by atoms with E-state index in [-0.39, 0.29) is 17.9 Å². The molecule has 2 aromatic carbocycles. The molecule has 0 aliphatic carbocycles. The Morgan fingerprint density at radius 2 is 1.75 bits per heavy atom. The molecule has 0 bridgehead atoms. The quantitative estimate of drug-likeness (QED) is 0.374. The van der Waals surface area contributed by atoms with Crippen LogP contribution < -0.4 is 14.2 Å². The van der Waals surface area contributed by atoms with Gasteiger partial charge in [-0.05, 0) is 23.8 Å². The van der Waals surface area contributed by atoms with Crippen LogP contribution >= 0.6 is 0 Å². The standard InChI is InChI=1S/C16H15NO7/c1-22-13-6-10(7-14(9-13)23-2)5-11-8-12(17(20)21)3-4-15(11)24-16(18)19/h3-4,6-9H,5H2,1-2H3,(H,18,19). The molecule has 0 heterocycles. The van der Waals surface area contributed by atoms with E-state index < -0.39 is 11.1 Å². The number of nitro groups is 1. The Morgan fingerprint density at radius 3 is 2.25 bits per heavy atom. The van der Waals surface area contributed by atoms with Crippen molar-refractivity contribution in [2.24, 2.45) is 0 Å². The Morgan fingerprint density at radius 1 is 1.12 bits per heavy atom. The number of nitrogens with zero attached hydrogens (tertiary/aromatic N) is 1. The van der Waals surface area contributed by atoms with Gasteiger partial charge in [-0.1, -0.05) is 0 Å². The molecule has 2 rings (SSSR count). The van der Waals surface area contributed by atoms with E-state index in [1.165, 1.54) is 32.4 Å². The third-order valence-corrected chi connectivity index (χ3v) is 3.26. The highest BCUT2D eigenvalue weighted by Gasteiger charge is 2.15. The van der Waals surface area contributed by atoms with Crippen molar-refractivity contribution in [2.75, 3.05) is 14.2 Å². The van der Waals surface area contributed by atoms with Gasteiger partial charge in [0, 0.05) is 30.2 Å². The van der Waals surface area contributed by atoms with E-state index >= 15 is 0 Å². The Bertz CT molecular complexity index is 751. The lowest BCUT2D eigenvalue weighted by Crippen LogP contribution is -2.06. The first kappa shape index (κ1) is 17.1. The maximum Gasteiger partial charge on any atom is 0.511 e. The minimum Gasteiger partial charge on any atom is -0.497 e. The predicted octanol–water partition coefficient (Wildman–Crippen LogP) is 3.26. The van der Waals surface area contributed by atoms with E-state index in [1.807, 2.05) is 0 Å². The van der Waals surface area contributed by atoms with Gasteiger partial charge in [0.05, 0.1) is 19.1 Å². The maximum atomic E-state index is 10.9. The molecule has 0 saturated heterocycles. The van der Waals surface area contributed by atoms with Gasteiger partial charge in [-0.25, -0.2) is 4.79 Å². The summed E-state index contributed by atoms with van der Waals surface area (Å²) >= 11 is 0. The average molecular weight is 333 g/mol. The van der Waals surface area contributed by atoms with E-state index in [0.29, 0.717) is 17.1 Å². The lowest BCUT2D eigenvalue weighted by molar-refractivity contribution is -0.384. The third-order valence-electron chi connectivity index (χ3n) is 3.26. The molecule has 0 fully saturated rings. The molecule has 1 N–H and O–H groups in total. The molecule has 0 saturated carbocycles. The molecule has 0 amide bonds. The van der Waals surface area contributed by atoms with Crippen molar-refractivity contribution in [3.05, 3.63) is 57.6 Å².